The number of carbonyl (C=O) groups excluding carboxylic acids is 2. The van der Waals surface area contributed by atoms with Crippen LogP contribution in [0.25, 0.3) is 10.8 Å². The third-order valence-corrected chi connectivity index (χ3v) is 4.69. The van der Waals surface area contributed by atoms with E-state index in [1.54, 1.807) is 37.3 Å². The summed E-state index contributed by atoms with van der Waals surface area (Å²) in [6, 6.07) is 19.6. The molecule has 0 heterocycles. The van der Waals surface area contributed by atoms with Crippen LogP contribution in [0, 0.1) is 0 Å². The van der Waals surface area contributed by atoms with Crippen molar-refractivity contribution in [3.05, 3.63) is 77.4 Å². The summed E-state index contributed by atoms with van der Waals surface area (Å²) in [5, 5.41) is 2.34. The zero-order valence-electron chi connectivity index (χ0n) is 15.9. The molecule has 0 aliphatic rings. The minimum Gasteiger partial charge on any atom is -0.496 e. The SMILES string of the molecule is COc1ccc(C(C)=O)cc1CC(=O)N(C)Cc1ccc2ccccc2c1. The van der Waals surface area contributed by atoms with Crippen molar-refractivity contribution in [3.8, 4) is 5.75 Å². The van der Waals surface area contributed by atoms with Crippen LogP contribution in [-0.2, 0) is 17.8 Å². The second-order valence-corrected chi connectivity index (χ2v) is 6.69. The molecular formula is C23H23NO3. The van der Waals surface area contributed by atoms with Crippen molar-refractivity contribution in [2.75, 3.05) is 14.2 Å². The standard InChI is InChI=1S/C23H23NO3/c1-16(25)19-10-11-22(27-3)21(13-19)14-23(26)24(2)15-17-8-9-18-6-4-5-7-20(18)12-17/h4-13H,14-15H2,1-3H3. The summed E-state index contributed by atoms with van der Waals surface area (Å²) in [7, 11) is 3.36. The van der Waals surface area contributed by atoms with Crippen LogP contribution in [0.3, 0.4) is 0 Å². The molecule has 0 saturated carbocycles. The molecule has 0 saturated heterocycles. The molecule has 3 aromatic rings. The summed E-state index contributed by atoms with van der Waals surface area (Å²) in [6.07, 6.45) is 0.189. The third kappa shape index (κ3) is 4.34. The molecule has 0 aliphatic heterocycles. The number of Topliss-reactive ketones (excluding diaryl/α,β-unsaturated/α-hetero) is 1. The first-order valence-corrected chi connectivity index (χ1v) is 8.87. The van der Waals surface area contributed by atoms with Gasteiger partial charge >= 0.3 is 0 Å². The highest BCUT2D eigenvalue weighted by molar-refractivity contribution is 5.94. The van der Waals surface area contributed by atoms with Crippen molar-refractivity contribution < 1.29 is 14.3 Å². The lowest BCUT2D eigenvalue weighted by Gasteiger charge is -2.19. The Hall–Kier alpha value is -3.14. The fourth-order valence-corrected chi connectivity index (χ4v) is 3.13. The number of fused-ring (bicyclic) bond motifs is 1. The van der Waals surface area contributed by atoms with Gasteiger partial charge in [0.1, 0.15) is 5.75 Å². The van der Waals surface area contributed by atoms with Gasteiger partial charge in [-0.3, -0.25) is 9.59 Å². The van der Waals surface area contributed by atoms with Gasteiger partial charge in [-0.2, -0.15) is 0 Å². The lowest BCUT2D eigenvalue weighted by molar-refractivity contribution is -0.129. The number of ketones is 1. The van der Waals surface area contributed by atoms with Gasteiger partial charge in [-0.15, -0.1) is 0 Å². The zero-order valence-corrected chi connectivity index (χ0v) is 15.9. The number of hydrogen-bond donors (Lipinski definition) is 0. The Morgan fingerprint density at radius 2 is 1.70 bits per heavy atom. The van der Waals surface area contributed by atoms with E-state index in [2.05, 4.69) is 24.3 Å². The van der Waals surface area contributed by atoms with Gasteiger partial charge in [0, 0.05) is 24.7 Å². The molecule has 4 nitrogen and oxygen atoms in total. The number of likely N-dealkylation sites (N-methyl/N-ethyl adjacent to an activating group) is 1. The van der Waals surface area contributed by atoms with E-state index in [9.17, 15) is 9.59 Å². The van der Waals surface area contributed by atoms with Crippen molar-refractivity contribution in [2.45, 2.75) is 19.9 Å². The largest absolute Gasteiger partial charge is 0.496 e. The summed E-state index contributed by atoms with van der Waals surface area (Å²) >= 11 is 0. The van der Waals surface area contributed by atoms with Crippen LogP contribution in [0.4, 0.5) is 0 Å². The van der Waals surface area contributed by atoms with E-state index < -0.39 is 0 Å². The second-order valence-electron chi connectivity index (χ2n) is 6.69. The Balaban J connectivity index is 1.75. The van der Waals surface area contributed by atoms with Gasteiger partial charge in [0.15, 0.2) is 5.78 Å². The van der Waals surface area contributed by atoms with Gasteiger partial charge in [0.05, 0.1) is 13.5 Å². The van der Waals surface area contributed by atoms with Crippen LogP contribution < -0.4 is 4.74 Å². The highest BCUT2D eigenvalue weighted by Crippen LogP contribution is 2.22. The summed E-state index contributed by atoms with van der Waals surface area (Å²) in [6.45, 7) is 2.04. The molecule has 0 bridgehead atoms. The van der Waals surface area contributed by atoms with E-state index in [-0.39, 0.29) is 18.1 Å². The molecule has 3 rings (SSSR count). The van der Waals surface area contributed by atoms with Crippen molar-refractivity contribution >= 4 is 22.5 Å². The maximum absolute atomic E-state index is 12.7. The third-order valence-electron chi connectivity index (χ3n) is 4.69. The van der Waals surface area contributed by atoms with Crippen LogP contribution in [0.1, 0.15) is 28.4 Å². The molecule has 0 aliphatic carbocycles. The number of rotatable bonds is 6. The maximum atomic E-state index is 12.7. The molecule has 27 heavy (non-hydrogen) atoms. The molecule has 1 amide bonds. The summed E-state index contributed by atoms with van der Waals surface area (Å²) < 4.78 is 5.35. The molecule has 0 fully saturated rings. The summed E-state index contributed by atoms with van der Waals surface area (Å²) in [4.78, 5) is 26.0. The van der Waals surface area contributed by atoms with Crippen LogP contribution in [0.5, 0.6) is 5.75 Å². The van der Waals surface area contributed by atoms with E-state index in [4.69, 9.17) is 4.74 Å². The smallest absolute Gasteiger partial charge is 0.227 e. The quantitative estimate of drug-likeness (QED) is 0.617. The van der Waals surface area contributed by atoms with Gasteiger partial charge in [0.2, 0.25) is 5.91 Å². The number of benzene rings is 3. The molecule has 4 heteroatoms. The monoisotopic (exact) mass is 361 g/mol. The Morgan fingerprint density at radius 3 is 2.41 bits per heavy atom. The lowest BCUT2D eigenvalue weighted by Crippen LogP contribution is -2.28. The van der Waals surface area contributed by atoms with Crippen molar-refractivity contribution in [3.63, 3.8) is 0 Å². The first-order chi connectivity index (χ1) is 13.0. The van der Waals surface area contributed by atoms with Crippen LogP contribution in [0.15, 0.2) is 60.7 Å². The van der Waals surface area contributed by atoms with Gasteiger partial charge in [-0.05, 0) is 47.5 Å². The number of carbonyl (C=O) groups is 2. The minimum atomic E-state index is -0.0316. The van der Waals surface area contributed by atoms with Crippen molar-refractivity contribution in [1.82, 2.24) is 4.90 Å². The number of nitrogens with zero attached hydrogens (tertiary/aromatic N) is 1. The van der Waals surface area contributed by atoms with Crippen LogP contribution >= 0.6 is 0 Å². The number of methoxy groups -OCH3 is 1. The van der Waals surface area contributed by atoms with E-state index in [1.165, 1.54) is 12.3 Å². The molecule has 0 N–H and O–H groups in total. The van der Waals surface area contributed by atoms with Crippen molar-refractivity contribution in [2.24, 2.45) is 0 Å². The summed E-state index contributed by atoms with van der Waals surface area (Å²) in [5.74, 6) is 0.561. The molecular weight excluding hydrogens is 338 g/mol. The molecule has 0 spiro atoms. The Morgan fingerprint density at radius 1 is 0.963 bits per heavy atom. The Labute approximate surface area is 159 Å². The highest BCUT2D eigenvalue weighted by atomic mass is 16.5. The normalized spacial score (nSPS) is 10.6. The zero-order chi connectivity index (χ0) is 19.4. The van der Waals surface area contributed by atoms with Gasteiger partial charge in [-0.25, -0.2) is 0 Å². The second kappa shape index (κ2) is 8.04. The average Bonchev–Trinajstić information content (AvgIpc) is 2.67. The number of amides is 1. The van der Waals surface area contributed by atoms with Crippen molar-refractivity contribution in [1.29, 1.82) is 0 Å². The van der Waals surface area contributed by atoms with E-state index >= 15 is 0 Å². The van der Waals surface area contributed by atoms with Gasteiger partial charge in [-0.1, -0.05) is 36.4 Å². The molecule has 138 valence electrons. The molecule has 0 radical (unpaired) electrons. The van der Waals surface area contributed by atoms with E-state index in [0.717, 1.165) is 16.5 Å². The molecule has 0 aromatic heterocycles. The van der Waals surface area contributed by atoms with E-state index in [1.807, 2.05) is 18.2 Å². The first-order valence-electron chi connectivity index (χ1n) is 8.87. The fraction of sp³-hybridized carbons (Fsp3) is 0.217. The lowest BCUT2D eigenvalue weighted by atomic mass is 10.0. The number of hydrogen-bond acceptors (Lipinski definition) is 3. The fourth-order valence-electron chi connectivity index (χ4n) is 3.13. The van der Waals surface area contributed by atoms with E-state index in [0.29, 0.717) is 17.9 Å². The predicted molar refractivity (Wildman–Crippen MR) is 107 cm³/mol. The van der Waals surface area contributed by atoms with Crippen LogP contribution in [0.2, 0.25) is 0 Å². The first kappa shape index (κ1) is 18.6. The number of ether oxygens (including phenoxy) is 1. The predicted octanol–water partition coefficient (Wildman–Crippen LogP) is 4.25. The highest BCUT2D eigenvalue weighted by Gasteiger charge is 2.15. The van der Waals surface area contributed by atoms with Gasteiger partial charge in [0.25, 0.3) is 0 Å². The molecule has 3 aromatic carbocycles. The average molecular weight is 361 g/mol. The minimum absolute atomic E-state index is 0.0258. The van der Waals surface area contributed by atoms with Crippen LogP contribution in [-0.4, -0.2) is 30.7 Å². The Bertz CT molecular complexity index is 994. The maximum Gasteiger partial charge on any atom is 0.227 e. The Kier molecular flexibility index (Phi) is 5.55. The molecule has 0 atom stereocenters. The summed E-state index contributed by atoms with van der Waals surface area (Å²) in [5.41, 5.74) is 2.38. The van der Waals surface area contributed by atoms with Gasteiger partial charge < -0.3 is 9.64 Å². The topological polar surface area (TPSA) is 46.6 Å². The molecule has 0 unspecified atom stereocenters.